The molecule has 0 unspecified atom stereocenters. The van der Waals surface area contributed by atoms with Crippen molar-refractivity contribution in [1.82, 2.24) is 0 Å². The van der Waals surface area contributed by atoms with Gasteiger partial charge in [-0.05, 0) is 36.3 Å². The number of anilines is 1. The molecule has 1 aromatic carbocycles. The quantitative estimate of drug-likeness (QED) is 0.358. The average molecular weight is 317 g/mol. The maximum Gasteiger partial charge on any atom is 0.349 e. The van der Waals surface area contributed by atoms with Gasteiger partial charge in [0.1, 0.15) is 5.69 Å². The van der Waals surface area contributed by atoms with E-state index < -0.39 is 0 Å². The molecule has 0 aliphatic rings. The van der Waals surface area contributed by atoms with Crippen LogP contribution >= 0.6 is 0 Å². The van der Waals surface area contributed by atoms with Crippen LogP contribution in [-0.4, -0.2) is 42.3 Å². The van der Waals surface area contributed by atoms with Crippen LogP contribution in [0.2, 0.25) is 0 Å². The van der Waals surface area contributed by atoms with E-state index in [1.165, 1.54) is 0 Å². The van der Waals surface area contributed by atoms with Crippen molar-refractivity contribution in [2.45, 2.75) is 20.8 Å². The highest BCUT2D eigenvalue weighted by molar-refractivity contribution is 5.88. The minimum Gasteiger partial charge on any atom is -0.395 e. The lowest BCUT2D eigenvalue weighted by molar-refractivity contribution is -0.421. The largest absolute Gasteiger partial charge is 0.395 e. The van der Waals surface area contributed by atoms with Crippen molar-refractivity contribution >= 4 is 17.2 Å². The number of azo groups is 1. The number of hydrogen-bond donors (Lipinski definition) is 1. The Balaban J connectivity index is 0.00000232. The van der Waals surface area contributed by atoms with Crippen molar-refractivity contribution in [2.24, 2.45) is 10.2 Å². The molecule has 0 saturated heterocycles. The number of aliphatic hydroxyl groups is 1. The molecule has 0 amide bonds. The van der Waals surface area contributed by atoms with Crippen molar-refractivity contribution in [1.29, 1.82) is 0 Å². The molecule has 0 aliphatic heterocycles. The summed E-state index contributed by atoms with van der Waals surface area (Å²) in [5.41, 5.74) is 1.82. The van der Waals surface area contributed by atoms with Gasteiger partial charge < -0.3 is 10.0 Å². The molecule has 1 rings (SSSR count). The molecular weight excluding hydrogens is 288 g/mol. The van der Waals surface area contributed by atoms with Crippen LogP contribution in [0.5, 0.6) is 0 Å². The van der Waals surface area contributed by atoms with E-state index in [2.05, 4.69) is 35.2 Å². The second kappa shape index (κ2) is 12.3. The molecule has 1 N–H and O–H groups in total. The van der Waals surface area contributed by atoms with Crippen LogP contribution in [0.4, 0.5) is 11.4 Å². The van der Waals surface area contributed by atoms with Gasteiger partial charge in [-0.1, -0.05) is 27.0 Å². The van der Waals surface area contributed by atoms with E-state index in [1.807, 2.05) is 45.2 Å². The van der Waals surface area contributed by atoms with Crippen LogP contribution < -0.4 is 4.90 Å². The van der Waals surface area contributed by atoms with E-state index >= 15 is 0 Å². The zero-order valence-corrected chi connectivity index (χ0v) is 14.7. The minimum absolute atomic E-state index is 0.140. The monoisotopic (exact) mass is 317 g/mol. The lowest BCUT2D eigenvalue weighted by Gasteiger charge is -2.21. The van der Waals surface area contributed by atoms with Crippen molar-refractivity contribution < 1.29 is 9.68 Å². The van der Waals surface area contributed by atoms with Crippen molar-refractivity contribution in [2.75, 3.05) is 31.6 Å². The predicted molar refractivity (Wildman–Crippen MR) is 98.9 cm³/mol. The summed E-state index contributed by atoms with van der Waals surface area (Å²) in [6.07, 6.45) is 3.27. The summed E-state index contributed by atoms with van der Waals surface area (Å²) in [6.45, 7) is 15.0. The number of aliphatic hydroxyl groups excluding tert-OH is 1. The van der Waals surface area contributed by atoms with E-state index in [-0.39, 0.29) is 6.61 Å². The Hall–Kier alpha value is -2.27. The van der Waals surface area contributed by atoms with Gasteiger partial charge in [-0.15, -0.1) is 0 Å². The number of hydrogen-bond acceptors (Lipinski definition) is 3. The highest BCUT2D eigenvalue weighted by Gasteiger charge is 2.06. The topological polar surface area (TPSA) is 51.2 Å². The summed E-state index contributed by atoms with van der Waals surface area (Å²) in [7, 11) is 1.83. The van der Waals surface area contributed by atoms with Crippen LogP contribution in [0, 0.1) is 0 Å². The molecule has 0 aromatic heterocycles. The summed E-state index contributed by atoms with van der Waals surface area (Å²) in [6, 6.07) is 7.73. The molecule has 1 aromatic rings. The van der Waals surface area contributed by atoms with Crippen LogP contribution in [0.25, 0.3) is 0 Å². The number of likely N-dealkylation sites (N-methyl/N-ethyl adjacent to an activating group) is 1. The molecule has 5 heteroatoms. The van der Waals surface area contributed by atoms with E-state index in [1.54, 1.807) is 16.9 Å². The summed E-state index contributed by atoms with van der Waals surface area (Å²) in [4.78, 5) is 2.09. The molecule has 23 heavy (non-hydrogen) atoms. The second-order valence-electron chi connectivity index (χ2n) is 4.38. The molecule has 0 heterocycles. The fourth-order valence-electron chi connectivity index (χ4n) is 1.78. The molecule has 0 fully saturated rings. The molecule has 0 aliphatic carbocycles. The molecule has 0 atom stereocenters. The summed E-state index contributed by atoms with van der Waals surface area (Å²) < 4.78 is 1.74. The van der Waals surface area contributed by atoms with Crippen molar-refractivity contribution in [3.8, 4) is 0 Å². The van der Waals surface area contributed by atoms with Crippen LogP contribution in [0.15, 0.2) is 59.9 Å². The van der Waals surface area contributed by atoms with Crippen molar-refractivity contribution in [3.63, 3.8) is 0 Å². The van der Waals surface area contributed by atoms with E-state index in [0.29, 0.717) is 12.4 Å². The van der Waals surface area contributed by atoms with Gasteiger partial charge in [0.25, 0.3) is 0 Å². The molecule has 0 spiro atoms. The summed E-state index contributed by atoms with van der Waals surface area (Å²) >= 11 is 0. The zero-order valence-electron chi connectivity index (χ0n) is 14.7. The van der Waals surface area contributed by atoms with Gasteiger partial charge in [-0.2, -0.15) is 0 Å². The molecule has 5 nitrogen and oxygen atoms in total. The van der Waals surface area contributed by atoms with Crippen LogP contribution in [-0.2, 0) is 0 Å². The van der Waals surface area contributed by atoms with Gasteiger partial charge in [-0.25, -0.2) is 4.58 Å². The van der Waals surface area contributed by atoms with E-state index in [0.717, 1.165) is 17.9 Å². The maximum absolute atomic E-state index is 9.03. The lowest BCUT2D eigenvalue weighted by atomic mass is 10.2. The maximum atomic E-state index is 9.03. The smallest absolute Gasteiger partial charge is 0.349 e. The van der Waals surface area contributed by atoms with Crippen molar-refractivity contribution in [3.05, 3.63) is 49.7 Å². The highest BCUT2D eigenvalue weighted by atomic mass is 16.3. The van der Waals surface area contributed by atoms with Gasteiger partial charge in [0.05, 0.1) is 25.0 Å². The fraction of sp³-hybridized carbons (Fsp3) is 0.389. The van der Waals surface area contributed by atoms with Gasteiger partial charge in [-0.3, -0.25) is 0 Å². The first-order valence-electron chi connectivity index (χ1n) is 7.88. The van der Waals surface area contributed by atoms with E-state index in [9.17, 15) is 0 Å². The van der Waals surface area contributed by atoms with Gasteiger partial charge >= 0.3 is 5.84 Å². The van der Waals surface area contributed by atoms with E-state index in [4.69, 9.17) is 5.11 Å². The molecular formula is C18H29N4O+. The minimum atomic E-state index is 0.140. The number of nitrogens with zero attached hydrogens (tertiary/aromatic N) is 4. The Morgan fingerprint density at radius 3 is 2.30 bits per heavy atom. The average Bonchev–Trinajstić information content (AvgIpc) is 2.62. The molecule has 126 valence electrons. The second-order valence-corrected chi connectivity index (χ2v) is 4.38. The summed E-state index contributed by atoms with van der Waals surface area (Å²) in [5.74, 6) is 0.629. The Morgan fingerprint density at radius 2 is 1.87 bits per heavy atom. The van der Waals surface area contributed by atoms with Crippen LogP contribution in [0.1, 0.15) is 20.8 Å². The molecule has 0 radical (unpaired) electrons. The lowest BCUT2D eigenvalue weighted by Crippen LogP contribution is -2.25. The molecule has 0 saturated carbocycles. The Labute approximate surface area is 140 Å². The Morgan fingerprint density at radius 1 is 1.26 bits per heavy atom. The third kappa shape index (κ3) is 7.02. The van der Waals surface area contributed by atoms with Gasteiger partial charge in [0, 0.05) is 24.9 Å². The Bertz CT molecular complexity index is 532. The first kappa shape index (κ1) is 20.7. The van der Waals surface area contributed by atoms with Gasteiger partial charge in [0.2, 0.25) is 0 Å². The SMILES string of the molecule is C=CC(N=Nc1ccc(N(CC)CCO)cc1)=[N+](C)C=C.CC. The summed E-state index contributed by atoms with van der Waals surface area (Å²) in [5, 5.41) is 17.3. The third-order valence-corrected chi connectivity index (χ3v) is 3.05. The number of benzene rings is 1. The standard InChI is InChI=1S/C16H23N4O.C2H6/c1-5-16(19(4)6-2)18-17-14-8-10-15(11-9-14)20(7-3)12-13-21;1-2/h5-6,8-11,21H,1-2,7,12-13H2,3-4H3;1-2H3/q+1;. The highest BCUT2D eigenvalue weighted by Crippen LogP contribution is 2.20. The number of amidine groups is 1. The Kier molecular flexibility index (Phi) is 11.1. The van der Waals surface area contributed by atoms with Crippen LogP contribution in [0.3, 0.4) is 0 Å². The zero-order chi connectivity index (χ0) is 17.7. The first-order chi connectivity index (χ1) is 11.2. The third-order valence-electron chi connectivity index (χ3n) is 3.05. The normalized spacial score (nSPS) is 11.3. The molecule has 0 bridgehead atoms. The number of rotatable bonds is 7. The van der Waals surface area contributed by atoms with Gasteiger partial charge in [0.15, 0.2) is 0 Å². The first-order valence-corrected chi connectivity index (χ1v) is 7.88. The predicted octanol–water partition coefficient (Wildman–Crippen LogP) is 3.99. The fourth-order valence-corrected chi connectivity index (χ4v) is 1.78.